The summed E-state index contributed by atoms with van der Waals surface area (Å²) in [6.45, 7) is 6.57. The van der Waals surface area contributed by atoms with Gasteiger partial charge in [-0.2, -0.15) is 0 Å². The van der Waals surface area contributed by atoms with Crippen molar-refractivity contribution in [1.29, 1.82) is 0 Å². The maximum absolute atomic E-state index is 12.1. The highest BCUT2D eigenvalue weighted by molar-refractivity contribution is 5.93. The third kappa shape index (κ3) is 3.54. The van der Waals surface area contributed by atoms with Crippen LogP contribution in [-0.2, 0) is 17.9 Å². The first-order valence-electron chi connectivity index (χ1n) is 9.72. The molecule has 28 heavy (non-hydrogen) atoms. The molecular formula is C22H26N4O2. The van der Waals surface area contributed by atoms with Gasteiger partial charge in [0, 0.05) is 25.2 Å². The molecule has 1 aliphatic heterocycles. The van der Waals surface area contributed by atoms with E-state index < -0.39 is 0 Å². The van der Waals surface area contributed by atoms with E-state index in [0.29, 0.717) is 12.3 Å². The van der Waals surface area contributed by atoms with Crippen LogP contribution in [0, 0.1) is 5.92 Å². The lowest BCUT2D eigenvalue weighted by molar-refractivity contribution is -0.116. The SMILES string of the molecule is COc1ccccc1N1CCn2c(nc3cc(NC(=O)CC(C)C)ccc32)C1. The van der Waals surface area contributed by atoms with Crippen molar-refractivity contribution in [3.05, 3.63) is 48.3 Å². The van der Waals surface area contributed by atoms with Gasteiger partial charge in [-0.15, -0.1) is 0 Å². The molecule has 0 fully saturated rings. The zero-order valence-corrected chi connectivity index (χ0v) is 16.6. The Balaban J connectivity index is 1.59. The number of hydrogen-bond donors (Lipinski definition) is 1. The van der Waals surface area contributed by atoms with E-state index in [4.69, 9.17) is 9.72 Å². The number of anilines is 2. The predicted molar refractivity (Wildman–Crippen MR) is 112 cm³/mol. The zero-order chi connectivity index (χ0) is 19.7. The third-order valence-electron chi connectivity index (χ3n) is 5.06. The van der Waals surface area contributed by atoms with E-state index in [1.807, 2.05) is 44.2 Å². The van der Waals surface area contributed by atoms with Crippen LogP contribution in [0.15, 0.2) is 42.5 Å². The van der Waals surface area contributed by atoms with Crippen LogP contribution < -0.4 is 15.0 Å². The molecule has 0 unspecified atom stereocenters. The summed E-state index contributed by atoms with van der Waals surface area (Å²) in [6.07, 6.45) is 0.519. The van der Waals surface area contributed by atoms with E-state index in [2.05, 4.69) is 26.9 Å². The fourth-order valence-electron chi connectivity index (χ4n) is 3.78. The monoisotopic (exact) mass is 378 g/mol. The van der Waals surface area contributed by atoms with Crippen molar-refractivity contribution in [2.24, 2.45) is 5.92 Å². The Labute approximate surface area is 165 Å². The number of carbonyl (C=O) groups is 1. The lowest BCUT2D eigenvalue weighted by atomic mass is 10.1. The number of ether oxygens (including phenoxy) is 1. The number of fused-ring (bicyclic) bond motifs is 3. The number of methoxy groups -OCH3 is 1. The van der Waals surface area contributed by atoms with E-state index in [9.17, 15) is 4.79 Å². The van der Waals surface area contributed by atoms with Crippen LogP contribution in [0.3, 0.4) is 0 Å². The Hall–Kier alpha value is -3.02. The normalized spacial score (nSPS) is 13.6. The Morgan fingerprint density at radius 2 is 2.04 bits per heavy atom. The number of nitrogens with one attached hydrogen (secondary N) is 1. The maximum Gasteiger partial charge on any atom is 0.224 e. The minimum Gasteiger partial charge on any atom is -0.495 e. The molecule has 0 saturated heterocycles. The quantitative estimate of drug-likeness (QED) is 0.728. The van der Waals surface area contributed by atoms with Crippen molar-refractivity contribution in [2.45, 2.75) is 33.4 Å². The fraction of sp³-hybridized carbons (Fsp3) is 0.364. The van der Waals surface area contributed by atoms with Gasteiger partial charge in [-0.05, 0) is 36.2 Å². The third-order valence-corrected chi connectivity index (χ3v) is 5.06. The second kappa shape index (κ2) is 7.54. The number of nitrogens with zero attached hydrogens (tertiary/aromatic N) is 3. The second-order valence-corrected chi connectivity index (χ2v) is 7.62. The molecule has 2 heterocycles. The molecule has 6 heteroatoms. The Morgan fingerprint density at radius 1 is 1.21 bits per heavy atom. The largest absolute Gasteiger partial charge is 0.495 e. The van der Waals surface area contributed by atoms with Crippen molar-refractivity contribution in [3.8, 4) is 5.75 Å². The number of para-hydroxylation sites is 2. The number of benzene rings is 2. The molecule has 1 aromatic heterocycles. The first-order chi connectivity index (χ1) is 13.5. The van der Waals surface area contributed by atoms with Gasteiger partial charge in [-0.1, -0.05) is 26.0 Å². The van der Waals surface area contributed by atoms with Gasteiger partial charge in [0.05, 0.1) is 30.4 Å². The van der Waals surface area contributed by atoms with E-state index in [0.717, 1.165) is 53.6 Å². The molecular weight excluding hydrogens is 352 g/mol. The van der Waals surface area contributed by atoms with Gasteiger partial charge in [0.25, 0.3) is 0 Å². The fourth-order valence-corrected chi connectivity index (χ4v) is 3.78. The molecule has 2 aromatic carbocycles. The summed E-state index contributed by atoms with van der Waals surface area (Å²) in [5, 5.41) is 2.98. The molecule has 4 rings (SSSR count). The first-order valence-corrected chi connectivity index (χ1v) is 9.72. The van der Waals surface area contributed by atoms with Crippen molar-refractivity contribution < 1.29 is 9.53 Å². The summed E-state index contributed by atoms with van der Waals surface area (Å²) < 4.78 is 7.78. The number of hydrogen-bond acceptors (Lipinski definition) is 4. The minimum absolute atomic E-state index is 0.0423. The van der Waals surface area contributed by atoms with Gasteiger partial charge in [0.1, 0.15) is 11.6 Å². The van der Waals surface area contributed by atoms with Crippen molar-refractivity contribution in [2.75, 3.05) is 23.9 Å². The van der Waals surface area contributed by atoms with Crippen molar-refractivity contribution in [3.63, 3.8) is 0 Å². The van der Waals surface area contributed by atoms with Crippen LogP contribution in [0.4, 0.5) is 11.4 Å². The second-order valence-electron chi connectivity index (χ2n) is 7.62. The van der Waals surface area contributed by atoms with E-state index in [-0.39, 0.29) is 5.91 Å². The topological polar surface area (TPSA) is 59.4 Å². The van der Waals surface area contributed by atoms with Gasteiger partial charge < -0.3 is 19.5 Å². The maximum atomic E-state index is 12.1. The van der Waals surface area contributed by atoms with Crippen molar-refractivity contribution in [1.82, 2.24) is 9.55 Å². The first kappa shape index (κ1) is 18.3. The highest BCUT2D eigenvalue weighted by Gasteiger charge is 2.22. The van der Waals surface area contributed by atoms with Gasteiger partial charge in [-0.25, -0.2) is 4.98 Å². The molecule has 0 atom stereocenters. The summed E-state index contributed by atoms with van der Waals surface area (Å²) in [7, 11) is 1.70. The van der Waals surface area contributed by atoms with Crippen LogP contribution in [0.2, 0.25) is 0 Å². The molecule has 0 spiro atoms. The van der Waals surface area contributed by atoms with E-state index in [1.54, 1.807) is 7.11 Å². The highest BCUT2D eigenvalue weighted by Crippen LogP contribution is 2.32. The summed E-state index contributed by atoms with van der Waals surface area (Å²) in [4.78, 5) is 19.2. The van der Waals surface area contributed by atoms with E-state index >= 15 is 0 Å². The molecule has 0 radical (unpaired) electrons. The molecule has 1 aliphatic rings. The lowest BCUT2D eigenvalue weighted by Gasteiger charge is -2.30. The lowest BCUT2D eigenvalue weighted by Crippen LogP contribution is -2.33. The average molecular weight is 378 g/mol. The minimum atomic E-state index is 0.0423. The summed E-state index contributed by atoms with van der Waals surface area (Å²) in [6, 6.07) is 14.1. The van der Waals surface area contributed by atoms with Gasteiger partial charge in [-0.3, -0.25) is 4.79 Å². The van der Waals surface area contributed by atoms with Crippen LogP contribution in [0.25, 0.3) is 11.0 Å². The van der Waals surface area contributed by atoms with Crippen molar-refractivity contribution >= 4 is 28.3 Å². The molecule has 0 aliphatic carbocycles. The van der Waals surface area contributed by atoms with Crippen LogP contribution in [0.1, 0.15) is 26.1 Å². The molecule has 3 aromatic rings. The van der Waals surface area contributed by atoms with Crippen LogP contribution in [0.5, 0.6) is 5.75 Å². The standard InChI is InChI=1S/C22H26N4O2/c1-15(2)12-22(27)23-16-8-9-18-17(13-16)24-21-14-25(10-11-26(18)21)19-6-4-5-7-20(19)28-3/h4-9,13,15H,10-12,14H2,1-3H3,(H,23,27). The average Bonchev–Trinajstić information content (AvgIpc) is 3.04. The van der Waals surface area contributed by atoms with Crippen LogP contribution in [-0.4, -0.2) is 29.1 Å². The number of aromatic nitrogens is 2. The smallest absolute Gasteiger partial charge is 0.224 e. The number of amides is 1. The molecule has 146 valence electrons. The molecule has 0 bridgehead atoms. The zero-order valence-electron chi connectivity index (χ0n) is 16.6. The predicted octanol–water partition coefficient (Wildman–Crippen LogP) is 4.05. The summed E-state index contributed by atoms with van der Waals surface area (Å²) >= 11 is 0. The molecule has 1 N–H and O–H groups in total. The van der Waals surface area contributed by atoms with Gasteiger partial charge in [0.15, 0.2) is 0 Å². The molecule has 6 nitrogen and oxygen atoms in total. The Morgan fingerprint density at radius 3 is 2.82 bits per heavy atom. The Kier molecular flexibility index (Phi) is 4.94. The number of carbonyl (C=O) groups excluding carboxylic acids is 1. The number of imidazole rings is 1. The molecule has 0 saturated carbocycles. The van der Waals surface area contributed by atoms with E-state index in [1.165, 1.54) is 0 Å². The number of rotatable bonds is 5. The van der Waals surface area contributed by atoms with Crippen LogP contribution >= 0.6 is 0 Å². The van der Waals surface area contributed by atoms with Gasteiger partial charge in [0.2, 0.25) is 5.91 Å². The Bertz CT molecular complexity index is 1010. The summed E-state index contributed by atoms with van der Waals surface area (Å²) in [5.74, 6) is 2.28. The van der Waals surface area contributed by atoms with Gasteiger partial charge >= 0.3 is 0 Å². The molecule has 1 amide bonds. The summed E-state index contributed by atoms with van der Waals surface area (Å²) in [5.41, 5.74) is 3.91. The highest BCUT2D eigenvalue weighted by atomic mass is 16.5.